The maximum absolute atomic E-state index is 11.8. The fraction of sp³-hybridized carbons (Fsp3) is 0.154. The largest absolute Gasteiger partial charge is 0.369 e. The van der Waals surface area contributed by atoms with Gasteiger partial charge in [-0.3, -0.25) is 14.3 Å². The molecule has 3 N–H and O–H groups in total. The molecule has 0 unspecified atom stereocenters. The summed E-state index contributed by atoms with van der Waals surface area (Å²) in [6.45, 7) is 2.60. The SMILES string of the molecule is Cc1ccc(Cn2c(Br)nc3c(=O)[nH]c(N)nc32)cc1. The van der Waals surface area contributed by atoms with Crippen molar-refractivity contribution in [2.45, 2.75) is 13.5 Å². The number of aromatic nitrogens is 4. The van der Waals surface area contributed by atoms with Crippen LogP contribution in [0, 0.1) is 6.92 Å². The number of aryl methyl sites for hydroxylation is 1. The van der Waals surface area contributed by atoms with Gasteiger partial charge in [0.1, 0.15) is 0 Å². The molecule has 3 rings (SSSR count). The number of halogens is 1. The maximum Gasteiger partial charge on any atom is 0.280 e. The Morgan fingerprint density at radius 1 is 1.30 bits per heavy atom. The van der Waals surface area contributed by atoms with E-state index in [4.69, 9.17) is 5.73 Å². The Morgan fingerprint density at radius 2 is 2.00 bits per heavy atom. The summed E-state index contributed by atoms with van der Waals surface area (Å²) >= 11 is 3.36. The van der Waals surface area contributed by atoms with Crippen LogP contribution in [0.5, 0.6) is 0 Å². The molecule has 0 aliphatic rings. The zero-order valence-corrected chi connectivity index (χ0v) is 12.3. The van der Waals surface area contributed by atoms with Crippen molar-refractivity contribution in [2.24, 2.45) is 0 Å². The Labute approximate surface area is 122 Å². The van der Waals surface area contributed by atoms with Crippen molar-refractivity contribution < 1.29 is 0 Å². The number of fused-ring (bicyclic) bond motifs is 1. The van der Waals surface area contributed by atoms with E-state index in [1.807, 2.05) is 35.8 Å². The second kappa shape index (κ2) is 4.75. The van der Waals surface area contributed by atoms with E-state index < -0.39 is 0 Å². The van der Waals surface area contributed by atoms with Gasteiger partial charge in [-0.15, -0.1) is 0 Å². The number of rotatable bonds is 2. The Morgan fingerprint density at radius 3 is 2.70 bits per heavy atom. The predicted molar refractivity (Wildman–Crippen MR) is 80.5 cm³/mol. The summed E-state index contributed by atoms with van der Waals surface area (Å²) in [5.74, 6) is 0.0834. The summed E-state index contributed by atoms with van der Waals surface area (Å²) in [5.41, 5.74) is 8.29. The molecular formula is C13H12BrN5O. The first-order chi connectivity index (χ1) is 9.54. The topological polar surface area (TPSA) is 89.6 Å². The first-order valence-corrected chi connectivity index (χ1v) is 6.81. The van der Waals surface area contributed by atoms with E-state index >= 15 is 0 Å². The standard InChI is InChI=1S/C13H12BrN5O/c1-7-2-4-8(5-3-7)6-19-10-9(16-12(19)14)11(20)18-13(15)17-10/h2-5H,6H2,1H3,(H3,15,17,18,20). The zero-order chi connectivity index (χ0) is 14.3. The molecule has 2 heterocycles. The number of nitrogens with two attached hydrogens (primary N) is 1. The van der Waals surface area contributed by atoms with E-state index in [1.165, 1.54) is 5.56 Å². The summed E-state index contributed by atoms with van der Waals surface area (Å²) in [4.78, 5) is 22.6. The number of nitrogens with one attached hydrogen (secondary N) is 1. The molecule has 0 radical (unpaired) electrons. The van der Waals surface area contributed by atoms with Crippen molar-refractivity contribution in [3.8, 4) is 0 Å². The van der Waals surface area contributed by atoms with Gasteiger partial charge in [0.05, 0.1) is 6.54 Å². The second-order valence-electron chi connectivity index (χ2n) is 4.58. The van der Waals surface area contributed by atoms with Crippen molar-refractivity contribution in [3.63, 3.8) is 0 Å². The quantitative estimate of drug-likeness (QED) is 0.700. The van der Waals surface area contributed by atoms with Crippen LogP contribution in [0.25, 0.3) is 11.2 Å². The smallest absolute Gasteiger partial charge is 0.280 e. The van der Waals surface area contributed by atoms with Gasteiger partial charge < -0.3 is 5.73 Å². The highest BCUT2D eigenvalue weighted by molar-refractivity contribution is 9.10. The molecule has 0 bridgehead atoms. The van der Waals surface area contributed by atoms with Crippen molar-refractivity contribution in [2.75, 3.05) is 5.73 Å². The zero-order valence-electron chi connectivity index (χ0n) is 10.7. The number of H-pyrrole nitrogens is 1. The Kier molecular flexibility index (Phi) is 3.06. The van der Waals surface area contributed by atoms with Crippen molar-refractivity contribution >= 4 is 33.0 Å². The van der Waals surface area contributed by atoms with Gasteiger partial charge >= 0.3 is 0 Å². The molecule has 7 heteroatoms. The number of anilines is 1. The number of aromatic amines is 1. The van der Waals surface area contributed by atoms with Gasteiger partial charge in [-0.2, -0.15) is 4.98 Å². The lowest BCUT2D eigenvalue weighted by Gasteiger charge is -2.06. The van der Waals surface area contributed by atoms with Gasteiger partial charge in [0.15, 0.2) is 15.9 Å². The molecule has 0 atom stereocenters. The van der Waals surface area contributed by atoms with Crippen LogP contribution in [0.2, 0.25) is 0 Å². The molecule has 102 valence electrons. The summed E-state index contributed by atoms with van der Waals surface area (Å²) in [6, 6.07) is 8.14. The number of hydrogen-bond donors (Lipinski definition) is 2. The third-order valence-electron chi connectivity index (χ3n) is 3.04. The molecule has 0 spiro atoms. The lowest BCUT2D eigenvalue weighted by atomic mass is 10.1. The van der Waals surface area contributed by atoms with Crippen molar-refractivity contribution in [1.82, 2.24) is 19.5 Å². The van der Waals surface area contributed by atoms with Gasteiger partial charge in [0.2, 0.25) is 5.95 Å². The number of hydrogen-bond acceptors (Lipinski definition) is 4. The monoisotopic (exact) mass is 333 g/mol. The molecular weight excluding hydrogens is 322 g/mol. The highest BCUT2D eigenvalue weighted by Gasteiger charge is 2.14. The Hall–Kier alpha value is -2.15. The highest BCUT2D eigenvalue weighted by Crippen LogP contribution is 2.18. The normalized spacial score (nSPS) is 11.1. The molecule has 0 saturated carbocycles. The minimum absolute atomic E-state index is 0.0834. The summed E-state index contributed by atoms with van der Waals surface area (Å²) < 4.78 is 2.36. The van der Waals surface area contributed by atoms with Crippen LogP contribution in [0.4, 0.5) is 5.95 Å². The van der Waals surface area contributed by atoms with Crippen LogP contribution in [0.1, 0.15) is 11.1 Å². The molecule has 0 aliphatic carbocycles. The molecule has 0 aliphatic heterocycles. The maximum atomic E-state index is 11.8. The van der Waals surface area contributed by atoms with Crippen LogP contribution in [0.15, 0.2) is 33.8 Å². The summed E-state index contributed by atoms with van der Waals surface area (Å²) in [7, 11) is 0. The van der Waals surface area contributed by atoms with E-state index in [-0.39, 0.29) is 17.0 Å². The average molecular weight is 334 g/mol. The molecule has 0 saturated heterocycles. The molecule has 20 heavy (non-hydrogen) atoms. The highest BCUT2D eigenvalue weighted by atomic mass is 79.9. The van der Waals surface area contributed by atoms with E-state index in [9.17, 15) is 4.79 Å². The van der Waals surface area contributed by atoms with E-state index in [1.54, 1.807) is 0 Å². The van der Waals surface area contributed by atoms with Crippen LogP contribution in [0.3, 0.4) is 0 Å². The van der Waals surface area contributed by atoms with E-state index in [0.29, 0.717) is 16.9 Å². The van der Waals surface area contributed by atoms with Gasteiger partial charge in [0.25, 0.3) is 5.56 Å². The molecule has 2 aromatic heterocycles. The fourth-order valence-electron chi connectivity index (χ4n) is 2.02. The fourth-order valence-corrected chi connectivity index (χ4v) is 2.49. The number of nitrogens with zero attached hydrogens (tertiary/aromatic N) is 3. The minimum Gasteiger partial charge on any atom is -0.369 e. The van der Waals surface area contributed by atoms with E-state index in [2.05, 4.69) is 30.9 Å². The number of nitrogen functional groups attached to an aromatic ring is 1. The minimum atomic E-state index is -0.337. The first-order valence-electron chi connectivity index (χ1n) is 6.01. The third-order valence-corrected chi connectivity index (χ3v) is 3.64. The summed E-state index contributed by atoms with van der Waals surface area (Å²) in [6.07, 6.45) is 0. The van der Waals surface area contributed by atoms with Crippen molar-refractivity contribution in [1.29, 1.82) is 0 Å². The first kappa shape index (κ1) is 12.9. The number of imidazole rings is 1. The van der Waals surface area contributed by atoms with Gasteiger partial charge in [-0.05, 0) is 28.4 Å². The van der Waals surface area contributed by atoms with Gasteiger partial charge in [-0.25, -0.2) is 4.98 Å². The van der Waals surface area contributed by atoms with Crippen LogP contribution >= 0.6 is 15.9 Å². The van der Waals surface area contributed by atoms with E-state index in [0.717, 1.165) is 5.56 Å². The molecule has 0 amide bonds. The van der Waals surface area contributed by atoms with Crippen LogP contribution in [-0.4, -0.2) is 19.5 Å². The summed E-state index contributed by atoms with van der Waals surface area (Å²) in [5, 5.41) is 0. The van der Waals surface area contributed by atoms with Gasteiger partial charge in [-0.1, -0.05) is 29.8 Å². The average Bonchev–Trinajstić information content (AvgIpc) is 2.70. The molecule has 3 aromatic rings. The molecule has 0 fully saturated rings. The Balaban J connectivity index is 2.13. The third kappa shape index (κ3) is 2.20. The lowest BCUT2D eigenvalue weighted by molar-refractivity contribution is 0.790. The predicted octanol–water partition coefficient (Wildman–Crippen LogP) is 1.82. The van der Waals surface area contributed by atoms with Crippen LogP contribution < -0.4 is 11.3 Å². The Bertz CT molecular complexity index is 834. The number of benzene rings is 1. The van der Waals surface area contributed by atoms with Crippen molar-refractivity contribution in [3.05, 3.63) is 50.5 Å². The molecule has 1 aromatic carbocycles. The lowest BCUT2D eigenvalue weighted by Crippen LogP contribution is -2.12. The van der Waals surface area contributed by atoms with Gasteiger partial charge in [0, 0.05) is 0 Å². The second-order valence-corrected chi connectivity index (χ2v) is 5.29. The molecule has 6 nitrogen and oxygen atoms in total. The van der Waals surface area contributed by atoms with Crippen LogP contribution in [-0.2, 0) is 6.54 Å².